The Bertz CT molecular complexity index is 50.5. The Hall–Kier alpha value is 0.0649. The molecule has 0 aliphatic heterocycles. The summed E-state index contributed by atoms with van der Waals surface area (Å²) in [6.45, 7) is 7.76. The van der Waals surface area contributed by atoms with Crippen LogP contribution in [0.2, 0.25) is 20.0 Å². The lowest BCUT2D eigenvalue weighted by molar-refractivity contribution is 0.699. The van der Waals surface area contributed by atoms with Gasteiger partial charge in [-0.25, -0.2) is 20.0 Å². The Balaban J connectivity index is 2.75. The van der Waals surface area contributed by atoms with E-state index in [2.05, 4.69) is 20.6 Å². The van der Waals surface area contributed by atoms with Crippen molar-refractivity contribution in [1.82, 2.24) is 0 Å². The molecule has 0 aromatic carbocycles. The van der Waals surface area contributed by atoms with E-state index in [0.717, 1.165) is 6.71 Å². The highest BCUT2D eigenvalue weighted by Gasteiger charge is 1.84. The van der Waals surface area contributed by atoms with E-state index in [1.807, 2.05) is 0 Å². The molecule has 0 saturated heterocycles. The molecule has 0 N–H and O–H groups in total. The van der Waals surface area contributed by atoms with Crippen LogP contribution in [0.3, 0.4) is 0 Å². The molecule has 0 aromatic rings. The molecular weight excluding hydrogens is 107 g/mol. The van der Waals surface area contributed by atoms with Gasteiger partial charge in [0.2, 0.25) is 0 Å². The minimum atomic E-state index is 0.904. The minimum Gasteiger partial charge on any atom is -0.220 e. The van der Waals surface area contributed by atoms with E-state index < -0.39 is 0 Å². The van der Waals surface area contributed by atoms with Crippen LogP contribution in [0, 0.1) is 0 Å². The van der Waals surface area contributed by atoms with Gasteiger partial charge in [0.25, 0.3) is 0 Å². The van der Waals surface area contributed by atoms with Gasteiger partial charge in [-0.3, -0.25) is 0 Å². The fourth-order valence-corrected chi connectivity index (χ4v) is 0.979. The summed E-state index contributed by atoms with van der Waals surface area (Å²) in [5.74, 6) is 0. The molecule has 0 aromatic heterocycles. The van der Waals surface area contributed by atoms with Gasteiger partial charge in [0.15, 0.2) is 0 Å². The molecule has 0 amide bonds. The first-order valence-corrected chi connectivity index (χ1v) is 4.27. The number of rotatable bonds is 5. The fourth-order valence-electron chi connectivity index (χ4n) is 0.979. The third-order valence-electron chi connectivity index (χ3n) is 1.64. The van der Waals surface area contributed by atoms with Crippen LogP contribution in [-0.2, 0) is 0 Å². The van der Waals surface area contributed by atoms with Crippen LogP contribution in [0.5, 0.6) is 0 Å². The molecule has 0 nitrogen and oxygen atoms in total. The summed E-state index contributed by atoms with van der Waals surface area (Å²) in [4.78, 5) is 0. The highest BCUT2D eigenvalue weighted by Crippen LogP contribution is 2.05. The van der Waals surface area contributed by atoms with Crippen molar-refractivity contribution >= 4 is 6.71 Å². The van der Waals surface area contributed by atoms with E-state index in [4.69, 9.17) is 0 Å². The Labute approximate surface area is 60.1 Å². The Kier molecular flexibility index (Phi) is 6.23. The maximum absolute atomic E-state index is 2.30. The molecule has 0 unspecified atom stereocenters. The molecule has 0 spiro atoms. The molecule has 0 saturated carbocycles. The second-order valence-electron chi connectivity index (χ2n) is 3.24. The van der Waals surface area contributed by atoms with Crippen molar-refractivity contribution in [3.63, 3.8) is 0 Å². The van der Waals surface area contributed by atoms with Gasteiger partial charge in [0.1, 0.15) is 0 Å². The standard InChI is InChI=1S/C8H19B/c1-4-5-6-7-8-9(2)3/h4-8H2,1-3H3/q-1. The number of unbranched alkanes of at least 4 members (excludes halogenated alkanes) is 3. The molecule has 0 aliphatic rings. The maximum Gasteiger partial charge on any atom is -0.0537 e. The lowest BCUT2D eigenvalue weighted by Gasteiger charge is -2.10. The predicted octanol–water partition coefficient (Wildman–Crippen LogP) is 3.32. The van der Waals surface area contributed by atoms with E-state index in [9.17, 15) is 0 Å². The summed E-state index contributed by atoms with van der Waals surface area (Å²) < 4.78 is 0. The first-order valence-electron chi connectivity index (χ1n) is 4.27. The minimum absolute atomic E-state index is 0.904. The summed E-state index contributed by atoms with van der Waals surface area (Å²) >= 11 is 0. The third kappa shape index (κ3) is 8.06. The molecule has 0 fully saturated rings. The molecule has 1 heteroatoms. The van der Waals surface area contributed by atoms with Crippen molar-refractivity contribution in [2.75, 3.05) is 0 Å². The first-order chi connectivity index (χ1) is 4.27. The van der Waals surface area contributed by atoms with Gasteiger partial charge in [-0.2, -0.15) is 0 Å². The van der Waals surface area contributed by atoms with Crippen LogP contribution in [-0.4, -0.2) is 6.71 Å². The van der Waals surface area contributed by atoms with Crippen molar-refractivity contribution < 1.29 is 0 Å². The van der Waals surface area contributed by atoms with Gasteiger partial charge in [-0.1, -0.05) is 32.6 Å². The lowest BCUT2D eigenvalue weighted by Crippen LogP contribution is -1.97. The zero-order chi connectivity index (χ0) is 7.11. The molecule has 0 rings (SSSR count). The average Bonchev–Trinajstić information content (AvgIpc) is 1.80. The van der Waals surface area contributed by atoms with Crippen LogP contribution >= 0.6 is 0 Å². The Morgan fingerprint density at radius 3 is 2.11 bits per heavy atom. The lowest BCUT2D eigenvalue weighted by atomic mass is 9.51. The fraction of sp³-hybridized carbons (Fsp3) is 1.00. The van der Waals surface area contributed by atoms with Gasteiger partial charge in [-0.05, 0) is 0 Å². The van der Waals surface area contributed by atoms with E-state index >= 15 is 0 Å². The third-order valence-corrected chi connectivity index (χ3v) is 1.64. The molecule has 9 heavy (non-hydrogen) atoms. The molecule has 0 bridgehead atoms. The monoisotopic (exact) mass is 126 g/mol. The maximum atomic E-state index is 2.30. The van der Waals surface area contributed by atoms with Crippen LogP contribution in [0.4, 0.5) is 0 Å². The second kappa shape index (κ2) is 6.19. The van der Waals surface area contributed by atoms with Crippen molar-refractivity contribution in [1.29, 1.82) is 0 Å². The number of hydrogen-bond donors (Lipinski definition) is 0. The van der Waals surface area contributed by atoms with Crippen molar-refractivity contribution in [3.05, 3.63) is 0 Å². The quantitative estimate of drug-likeness (QED) is 0.391. The van der Waals surface area contributed by atoms with Crippen LogP contribution in [0.15, 0.2) is 0 Å². The Morgan fingerprint density at radius 2 is 1.67 bits per heavy atom. The Morgan fingerprint density at radius 1 is 1.00 bits per heavy atom. The van der Waals surface area contributed by atoms with Crippen LogP contribution in [0.25, 0.3) is 0 Å². The highest BCUT2D eigenvalue weighted by molar-refractivity contribution is 6.55. The second-order valence-corrected chi connectivity index (χ2v) is 3.24. The molecular formula is C8H19B-. The normalized spacial score (nSPS) is 10.7. The van der Waals surface area contributed by atoms with Gasteiger partial charge in [0.05, 0.1) is 0 Å². The van der Waals surface area contributed by atoms with E-state index in [1.165, 1.54) is 32.0 Å². The summed E-state index contributed by atoms with van der Waals surface area (Å²) in [5, 5.41) is 0. The van der Waals surface area contributed by atoms with Crippen molar-refractivity contribution in [3.8, 4) is 0 Å². The zero-order valence-electron chi connectivity index (χ0n) is 7.11. The molecule has 1 radical (unpaired) electrons. The SMILES string of the molecule is CCCCCC[B-](C)C. The van der Waals surface area contributed by atoms with Gasteiger partial charge in [-0.15, -0.1) is 6.71 Å². The van der Waals surface area contributed by atoms with Gasteiger partial charge in [0, 0.05) is 0 Å². The zero-order valence-corrected chi connectivity index (χ0v) is 7.11. The van der Waals surface area contributed by atoms with Crippen molar-refractivity contribution in [2.45, 2.75) is 52.6 Å². The van der Waals surface area contributed by atoms with Gasteiger partial charge >= 0.3 is 0 Å². The molecule has 55 valence electrons. The average molecular weight is 126 g/mol. The first kappa shape index (κ1) is 9.06. The number of hydrogen-bond acceptors (Lipinski definition) is 0. The topological polar surface area (TPSA) is 0 Å². The van der Waals surface area contributed by atoms with Crippen LogP contribution in [0.1, 0.15) is 32.6 Å². The molecule has 0 atom stereocenters. The molecule has 0 aliphatic carbocycles. The van der Waals surface area contributed by atoms with Gasteiger partial charge < -0.3 is 0 Å². The smallest absolute Gasteiger partial charge is 0.0537 e. The van der Waals surface area contributed by atoms with E-state index in [0.29, 0.717) is 0 Å². The van der Waals surface area contributed by atoms with Crippen molar-refractivity contribution in [2.24, 2.45) is 0 Å². The highest BCUT2D eigenvalue weighted by atomic mass is 13.9. The summed E-state index contributed by atoms with van der Waals surface area (Å²) in [7, 11) is 0. The summed E-state index contributed by atoms with van der Waals surface area (Å²) in [6.07, 6.45) is 7.07. The van der Waals surface area contributed by atoms with Crippen LogP contribution < -0.4 is 0 Å². The summed E-state index contributed by atoms with van der Waals surface area (Å²) in [6, 6.07) is 0. The summed E-state index contributed by atoms with van der Waals surface area (Å²) in [5.41, 5.74) is 0. The van der Waals surface area contributed by atoms with E-state index in [-0.39, 0.29) is 0 Å². The van der Waals surface area contributed by atoms with E-state index in [1.54, 1.807) is 0 Å². The predicted molar refractivity (Wildman–Crippen MR) is 46.4 cm³/mol. The molecule has 0 heterocycles. The largest absolute Gasteiger partial charge is 0.220 e.